The monoisotopic (exact) mass is 452 g/mol. The molecule has 0 radical (unpaired) electrons. The molecule has 0 saturated heterocycles. The van der Waals surface area contributed by atoms with Gasteiger partial charge in [0.2, 0.25) is 0 Å². The SMILES string of the molecule is N/N=C\N(N)CC(c1ccc(F)cc1F)C(F)(F)c1ccc(-c2ccc(Cl)nc2)cn1. The van der Waals surface area contributed by atoms with Crippen molar-refractivity contribution in [3.05, 3.63) is 82.9 Å². The molecule has 0 fully saturated rings. The molecule has 1 atom stereocenters. The first-order valence-corrected chi connectivity index (χ1v) is 9.26. The van der Waals surface area contributed by atoms with Crippen LogP contribution in [0.4, 0.5) is 17.6 Å². The molecule has 2 aromatic heterocycles. The zero-order chi connectivity index (χ0) is 22.6. The van der Waals surface area contributed by atoms with Crippen LogP contribution in [0.15, 0.2) is 60.0 Å². The van der Waals surface area contributed by atoms with Crippen LogP contribution in [0.25, 0.3) is 11.1 Å². The van der Waals surface area contributed by atoms with Crippen LogP contribution in [0, 0.1) is 11.6 Å². The van der Waals surface area contributed by atoms with Gasteiger partial charge in [-0.05, 0) is 29.8 Å². The fraction of sp³-hybridized carbons (Fsp3) is 0.150. The Morgan fingerprint density at radius 2 is 1.74 bits per heavy atom. The fourth-order valence-electron chi connectivity index (χ4n) is 3.02. The number of nitrogens with zero attached hydrogens (tertiary/aromatic N) is 4. The minimum Gasteiger partial charge on any atom is -0.322 e. The molecule has 4 N–H and O–H groups in total. The van der Waals surface area contributed by atoms with Gasteiger partial charge in [-0.3, -0.25) is 9.99 Å². The van der Waals surface area contributed by atoms with Crippen LogP contribution in [0.2, 0.25) is 5.15 Å². The fourth-order valence-corrected chi connectivity index (χ4v) is 3.13. The smallest absolute Gasteiger partial charge is 0.298 e. The Morgan fingerprint density at radius 3 is 2.29 bits per heavy atom. The second-order valence-corrected chi connectivity index (χ2v) is 6.99. The largest absolute Gasteiger partial charge is 0.322 e. The summed E-state index contributed by atoms with van der Waals surface area (Å²) in [6.07, 6.45) is 3.63. The molecule has 0 saturated carbocycles. The molecule has 3 rings (SSSR count). The van der Waals surface area contributed by atoms with Crippen molar-refractivity contribution in [2.45, 2.75) is 11.8 Å². The molecule has 3 aromatic rings. The Bertz CT molecular complexity index is 1060. The van der Waals surface area contributed by atoms with Crippen molar-refractivity contribution in [3.8, 4) is 11.1 Å². The number of hydrazine groups is 1. The lowest BCUT2D eigenvalue weighted by Gasteiger charge is -2.29. The molecule has 0 aliphatic rings. The van der Waals surface area contributed by atoms with Gasteiger partial charge in [0.1, 0.15) is 28.8 Å². The van der Waals surface area contributed by atoms with E-state index < -0.39 is 41.3 Å². The molecular weight excluding hydrogens is 436 g/mol. The normalized spacial score (nSPS) is 12.8. The predicted molar refractivity (Wildman–Crippen MR) is 109 cm³/mol. The molecule has 2 heterocycles. The van der Waals surface area contributed by atoms with E-state index in [-0.39, 0.29) is 5.15 Å². The number of hydrogen-bond donors (Lipinski definition) is 2. The van der Waals surface area contributed by atoms with E-state index in [1.165, 1.54) is 18.5 Å². The van der Waals surface area contributed by atoms with Crippen molar-refractivity contribution in [3.63, 3.8) is 0 Å². The Labute approximate surface area is 180 Å². The predicted octanol–water partition coefficient (Wildman–Crippen LogP) is 4.03. The molecule has 1 unspecified atom stereocenters. The van der Waals surface area contributed by atoms with Crippen LogP contribution in [0.3, 0.4) is 0 Å². The highest BCUT2D eigenvalue weighted by molar-refractivity contribution is 6.29. The van der Waals surface area contributed by atoms with Crippen LogP contribution in [0.5, 0.6) is 0 Å². The summed E-state index contributed by atoms with van der Waals surface area (Å²) in [6.45, 7) is -0.569. The van der Waals surface area contributed by atoms with E-state index >= 15 is 8.78 Å². The summed E-state index contributed by atoms with van der Waals surface area (Å²) in [4.78, 5) is 7.81. The average molecular weight is 453 g/mol. The van der Waals surface area contributed by atoms with Crippen LogP contribution in [0.1, 0.15) is 17.2 Å². The molecule has 0 spiro atoms. The molecule has 162 valence electrons. The zero-order valence-corrected chi connectivity index (χ0v) is 16.6. The summed E-state index contributed by atoms with van der Waals surface area (Å²) < 4.78 is 58.6. The Hall–Kier alpha value is -3.24. The number of halogens is 5. The third-order valence-electron chi connectivity index (χ3n) is 4.55. The van der Waals surface area contributed by atoms with E-state index in [1.807, 2.05) is 0 Å². The summed E-state index contributed by atoms with van der Waals surface area (Å²) >= 11 is 5.75. The highest BCUT2D eigenvalue weighted by Crippen LogP contribution is 2.42. The molecule has 6 nitrogen and oxygen atoms in total. The van der Waals surface area contributed by atoms with Crippen molar-refractivity contribution in [2.75, 3.05) is 6.54 Å². The number of aromatic nitrogens is 2. The number of rotatable bonds is 7. The minimum atomic E-state index is -3.67. The second kappa shape index (κ2) is 9.27. The van der Waals surface area contributed by atoms with Crippen molar-refractivity contribution in [1.29, 1.82) is 0 Å². The maximum Gasteiger partial charge on any atom is 0.298 e. The van der Waals surface area contributed by atoms with Gasteiger partial charge < -0.3 is 5.84 Å². The first-order chi connectivity index (χ1) is 14.7. The number of pyridine rings is 2. The van der Waals surface area contributed by atoms with Crippen molar-refractivity contribution in [1.82, 2.24) is 15.0 Å². The number of hydrazone groups is 1. The number of alkyl halides is 2. The molecular formula is C20H17ClF4N6. The third-order valence-corrected chi connectivity index (χ3v) is 4.77. The summed E-state index contributed by atoms with van der Waals surface area (Å²) in [7, 11) is 0. The first kappa shape index (κ1) is 22.4. The van der Waals surface area contributed by atoms with E-state index in [4.69, 9.17) is 23.3 Å². The number of benzene rings is 1. The van der Waals surface area contributed by atoms with Gasteiger partial charge in [-0.1, -0.05) is 23.7 Å². The molecule has 1 aromatic carbocycles. The van der Waals surface area contributed by atoms with E-state index in [9.17, 15) is 8.78 Å². The van der Waals surface area contributed by atoms with E-state index in [0.717, 1.165) is 29.5 Å². The number of nitrogens with two attached hydrogens (primary N) is 2. The van der Waals surface area contributed by atoms with Gasteiger partial charge in [0.15, 0.2) is 0 Å². The molecule has 0 aliphatic carbocycles. The zero-order valence-electron chi connectivity index (χ0n) is 15.9. The van der Waals surface area contributed by atoms with E-state index in [1.54, 1.807) is 12.1 Å². The molecule has 0 bridgehead atoms. The maximum atomic E-state index is 15.5. The van der Waals surface area contributed by atoms with Gasteiger partial charge in [0, 0.05) is 36.1 Å². The standard InChI is InChI=1S/C20H17ClF4N6/c21-19-6-2-13(9-29-19)12-1-5-18(28-8-12)20(24,25)16(10-31(27)11-30-26)15-4-3-14(22)7-17(15)23/h1-9,11,16H,10,26-27H2/b30-11-. The van der Waals surface area contributed by atoms with Crippen molar-refractivity contribution in [2.24, 2.45) is 16.8 Å². The summed E-state index contributed by atoms with van der Waals surface area (Å²) in [5, 5.41) is 4.25. The lowest BCUT2D eigenvalue weighted by Crippen LogP contribution is -2.40. The molecule has 0 aliphatic heterocycles. The highest BCUT2D eigenvalue weighted by atomic mass is 35.5. The van der Waals surface area contributed by atoms with Gasteiger partial charge in [-0.25, -0.2) is 19.6 Å². The highest BCUT2D eigenvalue weighted by Gasteiger charge is 2.45. The molecule has 11 heteroatoms. The minimum absolute atomic E-state index is 0.288. The van der Waals surface area contributed by atoms with Crippen LogP contribution in [-0.4, -0.2) is 27.9 Å². The first-order valence-electron chi connectivity index (χ1n) is 8.88. The van der Waals surface area contributed by atoms with Gasteiger partial charge in [0.25, 0.3) is 5.92 Å². The van der Waals surface area contributed by atoms with Gasteiger partial charge in [-0.15, -0.1) is 0 Å². The summed E-state index contributed by atoms with van der Waals surface area (Å²) in [5.41, 5.74) is 0.106. The number of hydrogen-bond acceptors (Lipinski definition) is 5. The average Bonchev–Trinajstić information content (AvgIpc) is 2.73. The van der Waals surface area contributed by atoms with E-state index in [0.29, 0.717) is 17.2 Å². The van der Waals surface area contributed by atoms with Crippen LogP contribution < -0.4 is 11.7 Å². The Kier molecular flexibility index (Phi) is 6.71. The maximum absolute atomic E-state index is 15.5. The molecule has 31 heavy (non-hydrogen) atoms. The van der Waals surface area contributed by atoms with Gasteiger partial charge in [0.05, 0.1) is 5.92 Å². The second-order valence-electron chi connectivity index (χ2n) is 6.60. The quantitative estimate of drug-likeness (QED) is 0.141. The summed E-state index contributed by atoms with van der Waals surface area (Å²) in [6, 6.07) is 8.14. The van der Waals surface area contributed by atoms with Crippen molar-refractivity contribution >= 4 is 17.9 Å². The van der Waals surface area contributed by atoms with Crippen molar-refractivity contribution < 1.29 is 17.6 Å². The van der Waals surface area contributed by atoms with Gasteiger partial charge in [-0.2, -0.15) is 13.9 Å². The lowest BCUT2D eigenvalue weighted by atomic mass is 9.89. The Morgan fingerprint density at radius 1 is 1.06 bits per heavy atom. The lowest BCUT2D eigenvalue weighted by molar-refractivity contribution is -0.0443. The topological polar surface area (TPSA) is 93.4 Å². The van der Waals surface area contributed by atoms with Gasteiger partial charge >= 0.3 is 0 Å². The van der Waals surface area contributed by atoms with Crippen LogP contribution in [-0.2, 0) is 5.92 Å². The molecule has 0 amide bonds. The van der Waals surface area contributed by atoms with E-state index in [2.05, 4.69) is 15.1 Å². The third kappa shape index (κ3) is 5.09. The summed E-state index contributed by atoms with van der Waals surface area (Å²) in [5.74, 6) is 3.12. The Balaban J connectivity index is 1.99. The van der Waals surface area contributed by atoms with Crippen LogP contribution >= 0.6 is 11.6 Å².